The van der Waals surface area contributed by atoms with Gasteiger partial charge in [0.1, 0.15) is 5.69 Å². The van der Waals surface area contributed by atoms with E-state index in [1.165, 1.54) is 0 Å². The molecule has 4 rings (SSSR count). The minimum absolute atomic E-state index is 0.139. The normalized spacial score (nSPS) is 13.8. The van der Waals surface area contributed by atoms with E-state index in [2.05, 4.69) is 0 Å². The second-order valence-corrected chi connectivity index (χ2v) is 8.03. The molecule has 0 saturated carbocycles. The first kappa shape index (κ1) is 21.9. The van der Waals surface area contributed by atoms with E-state index in [4.69, 9.17) is 21.4 Å². The van der Waals surface area contributed by atoms with Crippen molar-refractivity contribution >= 4 is 23.6 Å². The number of benzene rings is 2. The largest absolute Gasteiger partial charge is 0.450 e. The molecule has 0 unspecified atom stereocenters. The molecule has 166 valence electrons. The highest BCUT2D eigenvalue weighted by Gasteiger charge is 2.28. The predicted octanol–water partition coefficient (Wildman–Crippen LogP) is 4.42. The first-order chi connectivity index (χ1) is 15.5. The van der Waals surface area contributed by atoms with E-state index in [0.717, 1.165) is 16.8 Å². The Hall–Kier alpha value is -3.32. The van der Waals surface area contributed by atoms with Crippen LogP contribution in [0.15, 0.2) is 54.6 Å². The van der Waals surface area contributed by atoms with Gasteiger partial charge in [-0.1, -0.05) is 47.5 Å². The van der Waals surface area contributed by atoms with Crippen LogP contribution in [0.3, 0.4) is 0 Å². The summed E-state index contributed by atoms with van der Waals surface area (Å²) in [5.74, 6) is -0.139. The number of hydrogen-bond donors (Lipinski definition) is 0. The van der Waals surface area contributed by atoms with E-state index in [0.29, 0.717) is 49.2 Å². The van der Waals surface area contributed by atoms with Gasteiger partial charge in [0.05, 0.1) is 23.0 Å². The van der Waals surface area contributed by atoms with Crippen LogP contribution in [0, 0.1) is 6.92 Å². The fourth-order valence-corrected chi connectivity index (χ4v) is 3.92. The number of carbonyl (C=O) groups excluding carboxylic acids is 2. The summed E-state index contributed by atoms with van der Waals surface area (Å²) < 4.78 is 6.73. The lowest BCUT2D eigenvalue weighted by Crippen LogP contribution is -2.51. The summed E-state index contributed by atoms with van der Waals surface area (Å²) >= 11 is 6.39. The van der Waals surface area contributed by atoms with E-state index in [1.54, 1.807) is 33.5 Å². The minimum Gasteiger partial charge on any atom is -0.450 e. The zero-order valence-electron chi connectivity index (χ0n) is 18.1. The van der Waals surface area contributed by atoms with Crippen molar-refractivity contribution in [1.82, 2.24) is 19.6 Å². The molecule has 1 saturated heterocycles. The number of piperazine rings is 1. The Morgan fingerprint density at radius 2 is 1.66 bits per heavy atom. The van der Waals surface area contributed by atoms with Gasteiger partial charge in [-0.3, -0.25) is 4.79 Å². The van der Waals surface area contributed by atoms with Crippen LogP contribution in [0.2, 0.25) is 5.02 Å². The summed E-state index contributed by atoms with van der Waals surface area (Å²) in [4.78, 5) is 28.8. The van der Waals surface area contributed by atoms with Gasteiger partial charge in [0, 0.05) is 31.7 Å². The molecule has 0 spiro atoms. The van der Waals surface area contributed by atoms with Gasteiger partial charge < -0.3 is 14.5 Å². The lowest BCUT2D eigenvalue weighted by molar-refractivity contribution is 0.0563. The topological polar surface area (TPSA) is 67.7 Å². The van der Waals surface area contributed by atoms with Gasteiger partial charge >= 0.3 is 6.09 Å². The molecule has 2 aromatic carbocycles. The lowest BCUT2D eigenvalue weighted by atomic mass is 10.1. The van der Waals surface area contributed by atoms with E-state index < -0.39 is 0 Å². The van der Waals surface area contributed by atoms with Crippen molar-refractivity contribution in [3.8, 4) is 16.9 Å². The van der Waals surface area contributed by atoms with Crippen molar-refractivity contribution in [1.29, 1.82) is 0 Å². The number of aryl methyl sites for hydroxylation is 1. The van der Waals surface area contributed by atoms with Gasteiger partial charge in [-0.15, -0.1) is 0 Å². The average molecular weight is 453 g/mol. The van der Waals surface area contributed by atoms with Crippen molar-refractivity contribution in [2.45, 2.75) is 13.8 Å². The molecule has 32 heavy (non-hydrogen) atoms. The average Bonchev–Trinajstić information content (AvgIpc) is 3.25. The molecular formula is C24H25ClN4O3. The summed E-state index contributed by atoms with van der Waals surface area (Å²) in [7, 11) is 0. The van der Waals surface area contributed by atoms with Gasteiger partial charge in [-0.25, -0.2) is 9.48 Å². The number of halogens is 1. The highest BCUT2D eigenvalue weighted by Crippen LogP contribution is 2.29. The second kappa shape index (κ2) is 9.44. The van der Waals surface area contributed by atoms with Crippen LogP contribution in [-0.4, -0.2) is 64.4 Å². The van der Waals surface area contributed by atoms with Crippen molar-refractivity contribution in [3.63, 3.8) is 0 Å². The number of nitrogens with zero attached hydrogens (tertiary/aromatic N) is 4. The zero-order valence-corrected chi connectivity index (χ0v) is 18.9. The van der Waals surface area contributed by atoms with Crippen molar-refractivity contribution in [2.75, 3.05) is 32.8 Å². The number of aromatic nitrogens is 2. The maximum Gasteiger partial charge on any atom is 0.409 e. The van der Waals surface area contributed by atoms with E-state index >= 15 is 0 Å². The first-order valence-electron chi connectivity index (χ1n) is 10.6. The van der Waals surface area contributed by atoms with Crippen molar-refractivity contribution in [3.05, 3.63) is 70.9 Å². The fourth-order valence-electron chi connectivity index (χ4n) is 3.69. The molecule has 0 bridgehead atoms. The molecule has 0 radical (unpaired) electrons. The smallest absolute Gasteiger partial charge is 0.409 e. The molecule has 1 aromatic heterocycles. The summed E-state index contributed by atoms with van der Waals surface area (Å²) in [5.41, 5.74) is 3.76. The Labute approximate surface area is 192 Å². The van der Waals surface area contributed by atoms with E-state index in [9.17, 15) is 9.59 Å². The second-order valence-electron chi connectivity index (χ2n) is 7.62. The standard InChI is InChI=1S/C24H25ClN4O3/c1-3-32-24(31)28-14-12-27(13-15-28)23(30)22-16-21(19-6-4-5-7-20(19)25)26-29(22)18-10-8-17(2)9-11-18/h4-11,16H,3,12-15H2,1-2H3. The minimum atomic E-state index is -0.342. The third kappa shape index (κ3) is 4.48. The Morgan fingerprint density at radius 1 is 1.00 bits per heavy atom. The van der Waals surface area contributed by atoms with Crippen LogP contribution >= 0.6 is 11.6 Å². The maximum atomic E-state index is 13.5. The van der Waals surface area contributed by atoms with Crippen LogP contribution in [0.4, 0.5) is 4.79 Å². The van der Waals surface area contributed by atoms with Crippen LogP contribution in [0.1, 0.15) is 23.0 Å². The van der Waals surface area contributed by atoms with E-state index in [1.807, 2.05) is 49.4 Å². The Morgan fingerprint density at radius 3 is 2.31 bits per heavy atom. The number of amides is 2. The molecule has 3 aromatic rings. The zero-order chi connectivity index (χ0) is 22.7. The van der Waals surface area contributed by atoms with Gasteiger partial charge in [0.2, 0.25) is 0 Å². The number of rotatable bonds is 4. The molecule has 8 heteroatoms. The van der Waals surface area contributed by atoms with Gasteiger partial charge in [-0.05, 0) is 38.1 Å². The van der Waals surface area contributed by atoms with Crippen molar-refractivity contribution in [2.24, 2.45) is 0 Å². The molecule has 0 atom stereocenters. The maximum absolute atomic E-state index is 13.5. The molecule has 2 heterocycles. The van der Waals surface area contributed by atoms with E-state index in [-0.39, 0.29) is 12.0 Å². The van der Waals surface area contributed by atoms with Crippen molar-refractivity contribution < 1.29 is 14.3 Å². The predicted molar refractivity (Wildman–Crippen MR) is 123 cm³/mol. The van der Waals surface area contributed by atoms with Crippen LogP contribution < -0.4 is 0 Å². The Kier molecular flexibility index (Phi) is 6.46. The fraction of sp³-hybridized carbons (Fsp3) is 0.292. The molecule has 0 N–H and O–H groups in total. The SMILES string of the molecule is CCOC(=O)N1CCN(C(=O)c2cc(-c3ccccc3Cl)nn2-c2ccc(C)cc2)CC1. The number of hydrogen-bond acceptors (Lipinski definition) is 4. The van der Waals surface area contributed by atoms with Gasteiger partial charge in [0.25, 0.3) is 5.91 Å². The monoisotopic (exact) mass is 452 g/mol. The quantitative estimate of drug-likeness (QED) is 0.587. The highest BCUT2D eigenvalue weighted by molar-refractivity contribution is 6.33. The van der Waals surface area contributed by atoms with Crippen LogP contribution in [0.5, 0.6) is 0 Å². The third-order valence-electron chi connectivity index (χ3n) is 5.45. The third-order valence-corrected chi connectivity index (χ3v) is 5.78. The molecular weight excluding hydrogens is 428 g/mol. The Balaban J connectivity index is 1.65. The summed E-state index contributed by atoms with van der Waals surface area (Å²) in [6.07, 6.45) is -0.342. The lowest BCUT2D eigenvalue weighted by Gasteiger charge is -2.34. The van der Waals surface area contributed by atoms with Gasteiger partial charge in [0.15, 0.2) is 0 Å². The molecule has 1 aliphatic rings. The number of ether oxygens (including phenoxy) is 1. The molecule has 2 amide bonds. The Bertz CT molecular complexity index is 1120. The summed E-state index contributed by atoms with van der Waals surface area (Å²) in [5, 5.41) is 5.30. The first-order valence-corrected chi connectivity index (χ1v) is 11.0. The number of carbonyl (C=O) groups is 2. The van der Waals surface area contributed by atoms with Crippen LogP contribution in [0.25, 0.3) is 16.9 Å². The summed E-state index contributed by atoms with van der Waals surface area (Å²) in [6, 6.07) is 17.1. The molecule has 1 aliphatic heterocycles. The summed E-state index contributed by atoms with van der Waals surface area (Å²) in [6.45, 7) is 5.84. The highest BCUT2D eigenvalue weighted by atomic mass is 35.5. The molecule has 1 fully saturated rings. The molecule has 0 aliphatic carbocycles. The van der Waals surface area contributed by atoms with Crippen LogP contribution in [-0.2, 0) is 4.74 Å². The van der Waals surface area contributed by atoms with Gasteiger partial charge in [-0.2, -0.15) is 5.10 Å². The molecule has 7 nitrogen and oxygen atoms in total.